The minimum absolute atomic E-state index is 0.00858. The van der Waals surface area contributed by atoms with Crippen molar-refractivity contribution < 1.29 is 9.18 Å². The number of Topliss-reactive ketones (excluding diaryl/α,β-unsaturated/α-hetero) is 1. The maximum atomic E-state index is 12.9. The first-order valence-electron chi connectivity index (χ1n) is 7.42. The Kier molecular flexibility index (Phi) is 5.11. The number of carbonyl (C=O) groups is 1. The van der Waals surface area contributed by atoms with E-state index >= 15 is 0 Å². The second kappa shape index (κ2) is 7.27. The van der Waals surface area contributed by atoms with Crippen LogP contribution in [0.1, 0.15) is 23.2 Å². The molecule has 3 aromatic rings. The summed E-state index contributed by atoms with van der Waals surface area (Å²) >= 11 is 2.85. The highest BCUT2D eigenvalue weighted by Crippen LogP contribution is 2.21. The van der Waals surface area contributed by atoms with Crippen molar-refractivity contribution in [2.45, 2.75) is 18.0 Å². The summed E-state index contributed by atoms with van der Waals surface area (Å²) in [5.74, 6) is 0.326. The van der Waals surface area contributed by atoms with Gasteiger partial charge in [0.1, 0.15) is 10.5 Å². The lowest BCUT2D eigenvalue weighted by molar-refractivity contribution is 0.0982. The fourth-order valence-electron chi connectivity index (χ4n) is 2.27. The lowest BCUT2D eigenvalue weighted by Crippen LogP contribution is -2.19. The van der Waals surface area contributed by atoms with Crippen LogP contribution in [-0.4, -0.2) is 21.1 Å². The van der Waals surface area contributed by atoms with E-state index in [4.69, 9.17) is 0 Å². The van der Waals surface area contributed by atoms with E-state index < -0.39 is 0 Å². The van der Waals surface area contributed by atoms with E-state index in [1.54, 1.807) is 11.6 Å². The SMILES string of the molecule is Cn1c(SCCCC(=O)c2ccc(F)cc2)nc2ccsc2c1=O. The fraction of sp³-hybridized carbons (Fsp3) is 0.235. The highest BCUT2D eigenvalue weighted by molar-refractivity contribution is 7.99. The molecular weight excluding hydrogens is 347 g/mol. The van der Waals surface area contributed by atoms with E-state index in [9.17, 15) is 14.0 Å². The molecule has 0 atom stereocenters. The molecule has 2 heterocycles. The van der Waals surface area contributed by atoms with Crippen LogP contribution in [0.25, 0.3) is 10.2 Å². The van der Waals surface area contributed by atoms with Crippen LogP contribution >= 0.6 is 23.1 Å². The number of aromatic nitrogens is 2. The van der Waals surface area contributed by atoms with Crippen molar-refractivity contribution >= 4 is 39.1 Å². The minimum atomic E-state index is -0.349. The smallest absolute Gasteiger partial charge is 0.271 e. The van der Waals surface area contributed by atoms with Crippen LogP contribution < -0.4 is 5.56 Å². The summed E-state index contributed by atoms with van der Waals surface area (Å²) in [6.45, 7) is 0. The van der Waals surface area contributed by atoms with Crippen molar-refractivity contribution in [3.63, 3.8) is 0 Å². The molecule has 0 aliphatic carbocycles. The van der Waals surface area contributed by atoms with E-state index in [1.165, 1.54) is 47.4 Å². The standard InChI is InChI=1S/C17H15FN2O2S2/c1-20-16(22)15-13(8-10-23-15)19-17(20)24-9-2-3-14(21)11-4-6-12(18)7-5-11/h4-8,10H,2-3,9H2,1H3. The Morgan fingerprint density at radius 3 is 2.79 bits per heavy atom. The van der Waals surface area contributed by atoms with Crippen molar-refractivity contribution in [1.29, 1.82) is 0 Å². The highest BCUT2D eigenvalue weighted by Gasteiger charge is 2.10. The third-order valence-electron chi connectivity index (χ3n) is 3.59. The van der Waals surface area contributed by atoms with Crippen LogP contribution in [-0.2, 0) is 7.05 Å². The van der Waals surface area contributed by atoms with E-state index in [0.29, 0.717) is 39.5 Å². The zero-order valence-electron chi connectivity index (χ0n) is 13.0. The molecule has 0 bridgehead atoms. The van der Waals surface area contributed by atoms with Crippen LogP contribution in [0.3, 0.4) is 0 Å². The van der Waals surface area contributed by atoms with Crippen molar-refractivity contribution in [2.24, 2.45) is 7.05 Å². The Labute approximate surface area is 146 Å². The third-order valence-corrected chi connectivity index (χ3v) is 5.60. The molecule has 0 unspecified atom stereocenters. The second-order valence-corrected chi connectivity index (χ2v) is 7.25. The van der Waals surface area contributed by atoms with E-state index in [1.807, 2.05) is 11.4 Å². The average Bonchev–Trinajstić information content (AvgIpc) is 3.05. The molecule has 0 aliphatic heterocycles. The lowest BCUT2D eigenvalue weighted by atomic mass is 10.1. The summed E-state index contributed by atoms with van der Waals surface area (Å²) in [6.07, 6.45) is 1.05. The van der Waals surface area contributed by atoms with Gasteiger partial charge in [-0.3, -0.25) is 14.2 Å². The first-order valence-corrected chi connectivity index (χ1v) is 9.28. The molecule has 3 rings (SSSR count). The zero-order valence-corrected chi connectivity index (χ0v) is 14.6. The first-order chi connectivity index (χ1) is 11.6. The van der Waals surface area contributed by atoms with Gasteiger partial charge in [-0.15, -0.1) is 11.3 Å². The molecule has 0 N–H and O–H groups in total. The lowest BCUT2D eigenvalue weighted by Gasteiger charge is -2.06. The molecule has 0 saturated carbocycles. The molecule has 0 amide bonds. The summed E-state index contributed by atoms with van der Waals surface area (Å²) in [5, 5.41) is 2.51. The summed E-state index contributed by atoms with van der Waals surface area (Å²) in [4.78, 5) is 28.7. The summed E-state index contributed by atoms with van der Waals surface area (Å²) in [5.41, 5.74) is 1.19. The predicted molar refractivity (Wildman–Crippen MR) is 95.5 cm³/mol. The van der Waals surface area contributed by atoms with Gasteiger partial charge < -0.3 is 0 Å². The molecule has 4 nitrogen and oxygen atoms in total. The molecule has 1 aromatic carbocycles. The third kappa shape index (κ3) is 3.57. The minimum Gasteiger partial charge on any atom is -0.294 e. The van der Waals surface area contributed by atoms with Crippen LogP contribution in [0.15, 0.2) is 45.7 Å². The highest BCUT2D eigenvalue weighted by atomic mass is 32.2. The Morgan fingerprint density at radius 1 is 1.29 bits per heavy atom. The molecule has 0 saturated heterocycles. The van der Waals surface area contributed by atoms with Gasteiger partial charge in [0.2, 0.25) is 0 Å². The zero-order chi connectivity index (χ0) is 17.1. The van der Waals surface area contributed by atoms with Gasteiger partial charge in [0.05, 0.1) is 5.52 Å². The van der Waals surface area contributed by atoms with Crippen molar-refractivity contribution in [2.75, 3.05) is 5.75 Å². The van der Waals surface area contributed by atoms with Gasteiger partial charge in [0, 0.05) is 24.8 Å². The van der Waals surface area contributed by atoms with Crippen LogP contribution in [0.4, 0.5) is 4.39 Å². The van der Waals surface area contributed by atoms with Gasteiger partial charge in [-0.25, -0.2) is 9.37 Å². The largest absolute Gasteiger partial charge is 0.294 e. The number of halogens is 1. The van der Waals surface area contributed by atoms with Crippen molar-refractivity contribution in [3.8, 4) is 0 Å². The van der Waals surface area contributed by atoms with Gasteiger partial charge in [0.15, 0.2) is 10.9 Å². The van der Waals surface area contributed by atoms with Gasteiger partial charge in [-0.1, -0.05) is 11.8 Å². The Bertz CT molecular complexity index is 932. The summed E-state index contributed by atoms with van der Waals surface area (Å²) in [7, 11) is 1.71. The maximum Gasteiger partial charge on any atom is 0.271 e. The number of hydrogen-bond donors (Lipinski definition) is 0. The molecule has 0 radical (unpaired) electrons. The topological polar surface area (TPSA) is 52.0 Å². The number of ketones is 1. The van der Waals surface area contributed by atoms with Crippen LogP contribution in [0, 0.1) is 5.82 Å². The molecule has 0 fully saturated rings. The van der Waals surface area contributed by atoms with Gasteiger partial charge in [-0.05, 0) is 42.1 Å². The second-order valence-electron chi connectivity index (χ2n) is 5.28. The predicted octanol–water partition coefficient (Wildman–Crippen LogP) is 3.89. The van der Waals surface area contributed by atoms with Gasteiger partial charge >= 0.3 is 0 Å². The monoisotopic (exact) mass is 362 g/mol. The fourth-order valence-corrected chi connectivity index (χ4v) is 3.99. The van der Waals surface area contributed by atoms with E-state index in [2.05, 4.69) is 4.98 Å². The summed E-state index contributed by atoms with van der Waals surface area (Å²) in [6, 6.07) is 7.42. The number of carbonyl (C=O) groups excluding carboxylic acids is 1. The van der Waals surface area contributed by atoms with Gasteiger partial charge in [-0.2, -0.15) is 0 Å². The van der Waals surface area contributed by atoms with Crippen LogP contribution in [0.5, 0.6) is 0 Å². The molecule has 0 aliphatic rings. The molecule has 7 heteroatoms. The Hall–Kier alpha value is -1.99. The number of fused-ring (bicyclic) bond motifs is 1. The molecule has 124 valence electrons. The van der Waals surface area contributed by atoms with E-state index in [0.717, 1.165) is 0 Å². The Morgan fingerprint density at radius 2 is 2.04 bits per heavy atom. The summed E-state index contributed by atoms with van der Waals surface area (Å²) < 4.78 is 15.1. The number of rotatable bonds is 6. The van der Waals surface area contributed by atoms with Crippen molar-refractivity contribution in [1.82, 2.24) is 9.55 Å². The molecular formula is C17H15FN2O2S2. The van der Waals surface area contributed by atoms with Gasteiger partial charge in [0.25, 0.3) is 5.56 Å². The number of benzene rings is 1. The number of nitrogens with zero attached hydrogens (tertiary/aromatic N) is 2. The maximum absolute atomic E-state index is 12.9. The Balaban J connectivity index is 1.59. The molecule has 24 heavy (non-hydrogen) atoms. The van der Waals surface area contributed by atoms with Crippen molar-refractivity contribution in [3.05, 3.63) is 57.4 Å². The average molecular weight is 362 g/mol. The van der Waals surface area contributed by atoms with Crippen LogP contribution in [0.2, 0.25) is 0 Å². The number of thiophene rings is 1. The molecule has 2 aromatic heterocycles. The molecule has 0 spiro atoms. The first kappa shape index (κ1) is 16.9. The number of hydrogen-bond acceptors (Lipinski definition) is 5. The quantitative estimate of drug-likeness (QED) is 0.289. The normalized spacial score (nSPS) is 11.1. The number of thioether (sulfide) groups is 1. The van der Waals surface area contributed by atoms with E-state index in [-0.39, 0.29) is 17.2 Å².